The summed E-state index contributed by atoms with van der Waals surface area (Å²) in [5.41, 5.74) is -1.01. The summed E-state index contributed by atoms with van der Waals surface area (Å²) in [5.74, 6) is -2.76. The Hall–Kier alpha value is -2.13. The van der Waals surface area contributed by atoms with E-state index in [0.717, 1.165) is 5.52 Å². The van der Waals surface area contributed by atoms with Gasteiger partial charge in [-0.15, -0.1) is 0 Å². The number of aromatic nitrogens is 1. The minimum atomic E-state index is -2.33. The molecule has 3 heterocycles. The van der Waals surface area contributed by atoms with Crippen molar-refractivity contribution in [3.05, 3.63) is 30.0 Å². The van der Waals surface area contributed by atoms with Crippen LogP contribution in [0.2, 0.25) is 0 Å². The first-order chi connectivity index (χ1) is 11.4. The number of hydrogen-bond donors (Lipinski definition) is 4. The Balaban J connectivity index is 1.79. The van der Waals surface area contributed by atoms with Gasteiger partial charge in [-0.1, -0.05) is 6.07 Å². The zero-order chi connectivity index (χ0) is 17.1. The lowest BCUT2D eigenvalue weighted by molar-refractivity contribution is -0.262. The second-order valence-electron chi connectivity index (χ2n) is 6.13. The first-order valence-corrected chi connectivity index (χ1v) is 7.51. The molecule has 2 aromatic rings. The van der Waals surface area contributed by atoms with Crippen LogP contribution in [0.1, 0.15) is 5.56 Å². The fourth-order valence-electron chi connectivity index (χ4n) is 3.52. The van der Waals surface area contributed by atoms with Crippen LogP contribution in [0.25, 0.3) is 10.9 Å². The van der Waals surface area contributed by atoms with Crippen molar-refractivity contribution >= 4 is 16.9 Å². The van der Waals surface area contributed by atoms with Crippen LogP contribution in [0, 0.1) is 0 Å². The van der Waals surface area contributed by atoms with Crippen molar-refractivity contribution in [2.24, 2.45) is 0 Å². The van der Waals surface area contributed by atoms with Crippen molar-refractivity contribution < 1.29 is 34.3 Å². The molecule has 0 spiro atoms. The van der Waals surface area contributed by atoms with Gasteiger partial charge in [-0.2, -0.15) is 0 Å². The van der Waals surface area contributed by atoms with E-state index < -0.39 is 29.6 Å². The highest BCUT2D eigenvalue weighted by atomic mass is 16.7. The predicted octanol–water partition coefficient (Wildman–Crippen LogP) is -0.545. The average molecular weight is 335 g/mol. The maximum absolute atomic E-state index is 12.2. The topological polar surface area (TPSA) is 121 Å². The van der Waals surface area contributed by atoms with Gasteiger partial charge < -0.3 is 34.5 Å². The van der Waals surface area contributed by atoms with Crippen LogP contribution in [0.3, 0.4) is 0 Å². The van der Waals surface area contributed by atoms with Gasteiger partial charge in [0, 0.05) is 23.5 Å². The summed E-state index contributed by atoms with van der Waals surface area (Å²) in [6, 6.07) is 5.38. The van der Waals surface area contributed by atoms with E-state index in [0.29, 0.717) is 16.7 Å². The lowest BCUT2D eigenvalue weighted by Crippen LogP contribution is -2.59. The molecule has 2 saturated heterocycles. The van der Waals surface area contributed by atoms with Crippen LogP contribution in [0.4, 0.5) is 0 Å². The summed E-state index contributed by atoms with van der Waals surface area (Å²) in [7, 11) is 1.52. The van der Waals surface area contributed by atoms with Crippen molar-refractivity contribution in [3.63, 3.8) is 0 Å². The third-order valence-electron chi connectivity index (χ3n) is 4.79. The zero-order valence-electron chi connectivity index (χ0n) is 12.9. The molecule has 8 nitrogen and oxygen atoms in total. The molecular formula is C16H17NO7. The van der Waals surface area contributed by atoms with E-state index in [1.807, 2.05) is 6.07 Å². The Kier molecular flexibility index (Phi) is 3.17. The van der Waals surface area contributed by atoms with Crippen LogP contribution in [0.15, 0.2) is 24.4 Å². The molecule has 2 aliphatic rings. The van der Waals surface area contributed by atoms with Crippen molar-refractivity contribution in [3.8, 4) is 5.75 Å². The lowest BCUT2D eigenvalue weighted by Gasteiger charge is -2.31. The minimum Gasteiger partial charge on any atom is -0.496 e. The van der Waals surface area contributed by atoms with E-state index in [9.17, 15) is 20.1 Å². The molecule has 4 N–H and O–H groups in total. The molecule has 0 bridgehead atoms. The number of benzene rings is 1. The Labute approximate surface area is 136 Å². The standard InChI is InChI=1S/C16H17NO7/c1-22-11-4-2-3-9-12(11)8(6-17-9)5-15(20)14(19)24-13-10(18)7-23-16(13,15)21/h2-4,6,10,13,17-18,20-21H,5,7H2,1H3/t10-,13?,15+,16-/m0/s1. The molecule has 1 aromatic heterocycles. The number of methoxy groups -OCH3 is 1. The smallest absolute Gasteiger partial charge is 0.344 e. The summed E-state index contributed by atoms with van der Waals surface area (Å²) < 4.78 is 15.5. The summed E-state index contributed by atoms with van der Waals surface area (Å²) in [6.45, 7) is -0.228. The zero-order valence-corrected chi connectivity index (χ0v) is 12.9. The number of nitrogens with one attached hydrogen (secondary N) is 1. The number of aliphatic hydroxyl groups is 3. The Morgan fingerprint density at radius 3 is 2.96 bits per heavy atom. The number of ether oxygens (including phenoxy) is 3. The van der Waals surface area contributed by atoms with E-state index in [1.165, 1.54) is 7.11 Å². The maximum Gasteiger partial charge on any atom is 0.344 e. The van der Waals surface area contributed by atoms with E-state index in [1.54, 1.807) is 18.3 Å². The third kappa shape index (κ3) is 1.79. The second kappa shape index (κ2) is 4.93. The summed E-state index contributed by atoms with van der Waals surface area (Å²) in [4.78, 5) is 15.2. The van der Waals surface area contributed by atoms with Crippen LogP contribution in [0.5, 0.6) is 5.75 Å². The van der Waals surface area contributed by atoms with Gasteiger partial charge >= 0.3 is 5.97 Å². The van der Waals surface area contributed by atoms with Crippen molar-refractivity contribution in [1.82, 2.24) is 4.98 Å². The lowest BCUT2D eigenvalue weighted by atomic mass is 9.85. The number of fused-ring (bicyclic) bond motifs is 2. The van der Waals surface area contributed by atoms with Crippen LogP contribution < -0.4 is 4.74 Å². The first kappa shape index (κ1) is 15.4. The number of aliphatic hydroxyl groups excluding tert-OH is 1. The van der Waals surface area contributed by atoms with Gasteiger partial charge in [0.1, 0.15) is 11.9 Å². The van der Waals surface area contributed by atoms with E-state index in [4.69, 9.17) is 14.2 Å². The fraction of sp³-hybridized carbons (Fsp3) is 0.438. The van der Waals surface area contributed by atoms with Gasteiger partial charge in [-0.05, 0) is 17.7 Å². The number of hydrogen-bond acceptors (Lipinski definition) is 7. The van der Waals surface area contributed by atoms with Crippen molar-refractivity contribution in [2.75, 3.05) is 13.7 Å². The van der Waals surface area contributed by atoms with Gasteiger partial charge in [0.25, 0.3) is 0 Å². The van der Waals surface area contributed by atoms with Gasteiger partial charge in [-0.25, -0.2) is 4.79 Å². The number of carbonyl (C=O) groups excluding carboxylic acids is 1. The highest BCUT2D eigenvalue weighted by Gasteiger charge is 2.73. The molecule has 8 heteroatoms. The highest BCUT2D eigenvalue weighted by Crippen LogP contribution is 2.45. The molecule has 128 valence electrons. The quantitative estimate of drug-likeness (QED) is 0.556. The van der Waals surface area contributed by atoms with Gasteiger partial charge in [0.05, 0.1) is 13.7 Å². The number of carbonyl (C=O) groups is 1. The minimum absolute atomic E-state index is 0.228. The summed E-state index contributed by atoms with van der Waals surface area (Å²) in [6.07, 6.45) is -1.14. The molecule has 0 saturated carbocycles. The fourth-order valence-corrected chi connectivity index (χ4v) is 3.52. The summed E-state index contributed by atoms with van der Waals surface area (Å²) in [5, 5.41) is 32.0. The van der Waals surface area contributed by atoms with Gasteiger partial charge in [-0.3, -0.25) is 0 Å². The monoisotopic (exact) mass is 335 g/mol. The molecule has 0 radical (unpaired) electrons. The number of esters is 1. The van der Waals surface area contributed by atoms with Crippen LogP contribution >= 0.6 is 0 Å². The molecule has 24 heavy (non-hydrogen) atoms. The van der Waals surface area contributed by atoms with E-state index in [-0.39, 0.29) is 13.0 Å². The first-order valence-electron chi connectivity index (χ1n) is 7.51. The van der Waals surface area contributed by atoms with Crippen molar-refractivity contribution in [1.29, 1.82) is 0 Å². The van der Waals surface area contributed by atoms with Crippen LogP contribution in [-0.2, 0) is 20.7 Å². The molecule has 0 amide bonds. The maximum atomic E-state index is 12.2. The Morgan fingerprint density at radius 2 is 2.21 bits per heavy atom. The largest absolute Gasteiger partial charge is 0.496 e. The van der Waals surface area contributed by atoms with E-state index in [2.05, 4.69) is 4.98 Å². The Bertz CT molecular complexity index is 818. The molecular weight excluding hydrogens is 318 g/mol. The highest BCUT2D eigenvalue weighted by molar-refractivity contribution is 5.91. The van der Waals surface area contributed by atoms with Crippen LogP contribution in [-0.4, -0.2) is 63.6 Å². The normalized spacial score (nSPS) is 35.2. The summed E-state index contributed by atoms with van der Waals surface area (Å²) >= 11 is 0. The second-order valence-corrected chi connectivity index (χ2v) is 6.13. The van der Waals surface area contributed by atoms with E-state index >= 15 is 0 Å². The number of rotatable bonds is 3. The van der Waals surface area contributed by atoms with Gasteiger partial charge in [0.15, 0.2) is 6.10 Å². The molecule has 1 unspecified atom stereocenters. The average Bonchev–Trinajstić information content (AvgIpc) is 3.16. The molecule has 4 rings (SSSR count). The third-order valence-corrected chi connectivity index (χ3v) is 4.79. The SMILES string of the molecule is COc1cccc2[nH]cc(C[C@@]3(O)C(=O)OC4[C@@H](O)CO[C@@]43O)c12. The molecule has 4 atom stereocenters. The number of H-pyrrole nitrogens is 1. The molecule has 1 aromatic carbocycles. The Morgan fingerprint density at radius 1 is 1.42 bits per heavy atom. The number of aromatic amines is 1. The predicted molar refractivity (Wildman–Crippen MR) is 80.3 cm³/mol. The van der Waals surface area contributed by atoms with Crippen molar-refractivity contribution in [2.45, 2.75) is 30.0 Å². The molecule has 0 aliphatic carbocycles. The molecule has 2 fully saturated rings. The van der Waals surface area contributed by atoms with Gasteiger partial charge in [0.2, 0.25) is 11.4 Å². The molecule has 2 aliphatic heterocycles.